The van der Waals surface area contributed by atoms with E-state index in [0.29, 0.717) is 0 Å². The fraction of sp³-hybridized carbons (Fsp3) is 0.417. The van der Waals surface area contributed by atoms with Crippen molar-refractivity contribution in [1.82, 2.24) is 5.32 Å². The van der Waals surface area contributed by atoms with Crippen molar-refractivity contribution in [3.8, 4) is 0 Å². The third kappa shape index (κ3) is 4.02. The van der Waals surface area contributed by atoms with Crippen LogP contribution in [0, 0.1) is 0 Å². The number of nitrogens with two attached hydrogens (primary N) is 1. The van der Waals surface area contributed by atoms with E-state index in [1.807, 2.05) is 38.1 Å². The molecule has 0 aromatic heterocycles. The topological polar surface area (TPSA) is 55.1 Å². The molecule has 15 heavy (non-hydrogen) atoms. The van der Waals surface area contributed by atoms with E-state index in [9.17, 15) is 4.79 Å². The van der Waals surface area contributed by atoms with Gasteiger partial charge >= 0.3 is 0 Å². The fourth-order valence-electron chi connectivity index (χ4n) is 1.73. The van der Waals surface area contributed by atoms with Gasteiger partial charge in [0.15, 0.2) is 0 Å². The molecule has 0 atom stereocenters. The lowest BCUT2D eigenvalue weighted by Gasteiger charge is -2.25. The van der Waals surface area contributed by atoms with Crippen molar-refractivity contribution in [2.75, 3.05) is 5.73 Å². The van der Waals surface area contributed by atoms with Crippen molar-refractivity contribution in [3.63, 3.8) is 0 Å². The molecule has 0 heterocycles. The van der Waals surface area contributed by atoms with Crippen LogP contribution in [0.1, 0.15) is 26.3 Å². The highest BCUT2D eigenvalue weighted by Gasteiger charge is 2.18. The summed E-state index contributed by atoms with van der Waals surface area (Å²) in [5.41, 5.74) is 7.34. The van der Waals surface area contributed by atoms with Gasteiger partial charge in [0.05, 0.1) is 0 Å². The SMILES string of the molecule is CC(=O)NC(C)(C)Cc1cccc(N)c1. The monoisotopic (exact) mass is 206 g/mol. The van der Waals surface area contributed by atoms with Crippen LogP contribution >= 0.6 is 0 Å². The van der Waals surface area contributed by atoms with Gasteiger partial charge in [0, 0.05) is 18.2 Å². The Balaban J connectivity index is 2.72. The van der Waals surface area contributed by atoms with Gasteiger partial charge in [-0.1, -0.05) is 12.1 Å². The highest BCUT2D eigenvalue weighted by Crippen LogP contribution is 2.14. The summed E-state index contributed by atoms with van der Waals surface area (Å²) in [7, 11) is 0. The summed E-state index contributed by atoms with van der Waals surface area (Å²) in [6, 6.07) is 7.73. The van der Waals surface area contributed by atoms with Gasteiger partial charge in [-0.15, -0.1) is 0 Å². The number of nitrogens with one attached hydrogen (secondary N) is 1. The zero-order valence-corrected chi connectivity index (χ0v) is 9.50. The second-order valence-corrected chi connectivity index (χ2v) is 4.49. The molecule has 1 aromatic carbocycles. The maximum atomic E-state index is 11.0. The maximum absolute atomic E-state index is 11.0. The lowest BCUT2D eigenvalue weighted by molar-refractivity contribution is -0.120. The summed E-state index contributed by atoms with van der Waals surface area (Å²) >= 11 is 0. The predicted molar refractivity (Wildman–Crippen MR) is 62.5 cm³/mol. The average molecular weight is 206 g/mol. The van der Waals surface area contributed by atoms with Crippen molar-refractivity contribution in [2.24, 2.45) is 0 Å². The molecule has 0 aliphatic rings. The van der Waals surface area contributed by atoms with Crippen molar-refractivity contribution in [2.45, 2.75) is 32.7 Å². The number of benzene rings is 1. The summed E-state index contributed by atoms with van der Waals surface area (Å²) in [5.74, 6) is -0.0103. The number of carbonyl (C=O) groups excluding carboxylic acids is 1. The molecule has 0 saturated heterocycles. The molecule has 0 aliphatic heterocycles. The number of rotatable bonds is 3. The van der Waals surface area contributed by atoms with E-state index >= 15 is 0 Å². The third-order valence-electron chi connectivity index (χ3n) is 2.11. The molecular weight excluding hydrogens is 188 g/mol. The molecule has 0 fully saturated rings. The second-order valence-electron chi connectivity index (χ2n) is 4.49. The molecule has 1 aromatic rings. The minimum atomic E-state index is -0.236. The first kappa shape index (κ1) is 11.6. The van der Waals surface area contributed by atoms with E-state index in [2.05, 4.69) is 5.32 Å². The summed E-state index contributed by atoms with van der Waals surface area (Å²) in [5, 5.41) is 2.91. The summed E-state index contributed by atoms with van der Waals surface area (Å²) in [4.78, 5) is 11.0. The molecule has 3 heteroatoms. The van der Waals surface area contributed by atoms with Crippen LogP contribution in [0.4, 0.5) is 5.69 Å². The Morgan fingerprint density at radius 1 is 1.47 bits per heavy atom. The average Bonchev–Trinajstić information content (AvgIpc) is 1.99. The van der Waals surface area contributed by atoms with Crippen LogP contribution in [0.2, 0.25) is 0 Å². The highest BCUT2D eigenvalue weighted by atomic mass is 16.1. The Bertz CT molecular complexity index is 358. The molecule has 0 aliphatic carbocycles. The molecule has 82 valence electrons. The Hall–Kier alpha value is -1.51. The summed E-state index contributed by atoms with van der Waals surface area (Å²) in [6.45, 7) is 5.52. The maximum Gasteiger partial charge on any atom is 0.217 e. The van der Waals surface area contributed by atoms with E-state index in [4.69, 9.17) is 5.73 Å². The first-order chi connectivity index (χ1) is 6.89. The molecule has 1 amide bonds. The van der Waals surface area contributed by atoms with Crippen LogP contribution in [-0.2, 0) is 11.2 Å². The van der Waals surface area contributed by atoms with Crippen LogP contribution < -0.4 is 11.1 Å². The van der Waals surface area contributed by atoms with Gasteiger partial charge in [-0.3, -0.25) is 4.79 Å². The lowest BCUT2D eigenvalue weighted by Crippen LogP contribution is -2.43. The molecule has 0 radical (unpaired) electrons. The van der Waals surface area contributed by atoms with Gasteiger partial charge in [0.1, 0.15) is 0 Å². The molecule has 3 nitrogen and oxygen atoms in total. The van der Waals surface area contributed by atoms with E-state index in [-0.39, 0.29) is 11.4 Å². The molecule has 0 bridgehead atoms. The minimum absolute atomic E-state index is 0.0103. The van der Waals surface area contributed by atoms with Crippen LogP contribution in [0.3, 0.4) is 0 Å². The number of nitrogen functional groups attached to an aromatic ring is 1. The Labute approximate surface area is 90.7 Å². The van der Waals surface area contributed by atoms with Crippen LogP contribution in [-0.4, -0.2) is 11.4 Å². The van der Waals surface area contributed by atoms with E-state index in [1.54, 1.807) is 0 Å². The largest absolute Gasteiger partial charge is 0.399 e. The van der Waals surface area contributed by atoms with Crippen molar-refractivity contribution in [1.29, 1.82) is 0 Å². The predicted octanol–water partition coefficient (Wildman–Crippen LogP) is 1.73. The van der Waals surface area contributed by atoms with E-state index < -0.39 is 0 Å². The summed E-state index contributed by atoms with van der Waals surface area (Å²) < 4.78 is 0. The van der Waals surface area contributed by atoms with Gasteiger partial charge < -0.3 is 11.1 Å². The minimum Gasteiger partial charge on any atom is -0.399 e. The van der Waals surface area contributed by atoms with Crippen molar-refractivity contribution < 1.29 is 4.79 Å². The number of carbonyl (C=O) groups is 1. The third-order valence-corrected chi connectivity index (χ3v) is 2.11. The van der Waals surface area contributed by atoms with Crippen LogP contribution in [0.15, 0.2) is 24.3 Å². The zero-order valence-electron chi connectivity index (χ0n) is 9.50. The summed E-state index contributed by atoms with van der Waals surface area (Å²) in [6.07, 6.45) is 0.775. The highest BCUT2D eigenvalue weighted by molar-refractivity contribution is 5.73. The first-order valence-electron chi connectivity index (χ1n) is 5.02. The molecular formula is C12H18N2O. The fourth-order valence-corrected chi connectivity index (χ4v) is 1.73. The molecule has 0 unspecified atom stereocenters. The Kier molecular flexibility index (Phi) is 3.35. The molecule has 0 spiro atoms. The zero-order chi connectivity index (χ0) is 11.5. The number of hydrogen-bond acceptors (Lipinski definition) is 2. The number of anilines is 1. The quantitative estimate of drug-likeness (QED) is 0.740. The van der Waals surface area contributed by atoms with Gasteiger partial charge in [-0.2, -0.15) is 0 Å². The van der Waals surface area contributed by atoms with Crippen molar-refractivity contribution in [3.05, 3.63) is 29.8 Å². The Morgan fingerprint density at radius 3 is 2.67 bits per heavy atom. The van der Waals surface area contributed by atoms with Crippen molar-refractivity contribution >= 4 is 11.6 Å². The molecule has 1 rings (SSSR count). The second kappa shape index (κ2) is 4.34. The van der Waals surface area contributed by atoms with Crippen LogP contribution in [0.5, 0.6) is 0 Å². The lowest BCUT2D eigenvalue weighted by atomic mass is 9.94. The van der Waals surface area contributed by atoms with Crippen LogP contribution in [0.25, 0.3) is 0 Å². The van der Waals surface area contributed by atoms with Gasteiger partial charge in [0.2, 0.25) is 5.91 Å². The number of hydrogen-bond donors (Lipinski definition) is 2. The van der Waals surface area contributed by atoms with E-state index in [1.165, 1.54) is 6.92 Å². The van der Waals surface area contributed by atoms with E-state index in [0.717, 1.165) is 17.7 Å². The normalized spacial score (nSPS) is 11.1. The molecule has 0 saturated carbocycles. The van der Waals surface area contributed by atoms with Gasteiger partial charge in [-0.25, -0.2) is 0 Å². The first-order valence-corrected chi connectivity index (χ1v) is 5.02. The molecule has 3 N–H and O–H groups in total. The standard InChI is InChI=1S/C12H18N2O/c1-9(15)14-12(2,3)8-10-5-4-6-11(13)7-10/h4-7H,8,13H2,1-3H3,(H,14,15). The Morgan fingerprint density at radius 2 is 2.13 bits per heavy atom. The van der Waals surface area contributed by atoms with Gasteiger partial charge in [0.25, 0.3) is 0 Å². The smallest absolute Gasteiger partial charge is 0.217 e. The van der Waals surface area contributed by atoms with Gasteiger partial charge in [-0.05, 0) is 38.0 Å². The number of amides is 1.